The van der Waals surface area contributed by atoms with E-state index in [1.54, 1.807) is 0 Å². The van der Waals surface area contributed by atoms with Gasteiger partial charge in [0.05, 0.1) is 11.7 Å². The van der Waals surface area contributed by atoms with Gasteiger partial charge < -0.3 is 4.90 Å². The minimum atomic E-state index is -0.182. The number of amides is 1. The van der Waals surface area contributed by atoms with E-state index in [2.05, 4.69) is 31.0 Å². The molecule has 0 aromatic rings. The molecule has 2 aliphatic carbocycles. The van der Waals surface area contributed by atoms with Crippen LogP contribution in [-0.2, 0) is 4.79 Å². The summed E-state index contributed by atoms with van der Waals surface area (Å²) in [4.78, 5) is 15.1. The predicted molar refractivity (Wildman–Crippen MR) is 72.1 cm³/mol. The molecule has 1 aliphatic heterocycles. The van der Waals surface area contributed by atoms with Gasteiger partial charge in [0, 0.05) is 6.04 Å². The van der Waals surface area contributed by atoms with Gasteiger partial charge in [0.15, 0.2) is 0 Å². The summed E-state index contributed by atoms with van der Waals surface area (Å²) in [6.45, 7) is 6.78. The highest BCUT2D eigenvalue weighted by atomic mass is 16.2. The summed E-state index contributed by atoms with van der Waals surface area (Å²) >= 11 is 0. The van der Waals surface area contributed by atoms with E-state index in [1.807, 2.05) is 0 Å². The van der Waals surface area contributed by atoms with Crippen molar-refractivity contribution >= 4 is 5.91 Å². The molecule has 3 aliphatic rings. The largest absolute Gasteiger partial charge is 0.322 e. The Balaban J connectivity index is 1.83. The third-order valence-corrected chi connectivity index (χ3v) is 5.24. The summed E-state index contributed by atoms with van der Waals surface area (Å²) in [7, 11) is 0. The van der Waals surface area contributed by atoms with Gasteiger partial charge in [-0.3, -0.25) is 10.1 Å². The molecule has 1 spiro atoms. The van der Waals surface area contributed by atoms with Gasteiger partial charge in [0.25, 0.3) is 0 Å². The van der Waals surface area contributed by atoms with Crippen LogP contribution in [0.25, 0.3) is 0 Å². The Bertz CT molecular complexity index is 358. The van der Waals surface area contributed by atoms with Gasteiger partial charge in [-0.05, 0) is 31.1 Å². The van der Waals surface area contributed by atoms with Gasteiger partial charge in [-0.2, -0.15) is 0 Å². The van der Waals surface area contributed by atoms with Crippen molar-refractivity contribution in [2.75, 3.05) is 0 Å². The molecule has 0 aromatic heterocycles. The third kappa shape index (κ3) is 1.70. The van der Waals surface area contributed by atoms with Crippen LogP contribution in [0.5, 0.6) is 0 Å². The molecule has 18 heavy (non-hydrogen) atoms. The molecular weight excluding hydrogens is 224 g/mol. The van der Waals surface area contributed by atoms with Crippen molar-refractivity contribution in [3.63, 3.8) is 0 Å². The maximum absolute atomic E-state index is 12.8. The molecule has 2 saturated carbocycles. The molecule has 0 radical (unpaired) electrons. The predicted octanol–water partition coefficient (Wildman–Crippen LogP) is 2.66. The van der Waals surface area contributed by atoms with Crippen molar-refractivity contribution in [2.45, 2.75) is 83.5 Å². The minimum Gasteiger partial charge on any atom is -0.322 e. The van der Waals surface area contributed by atoms with Gasteiger partial charge in [-0.15, -0.1) is 0 Å². The van der Waals surface area contributed by atoms with Crippen LogP contribution in [0.3, 0.4) is 0 Å². The number of nitrogens with one attached hydrogen (secondary N) is 1. The molecule has 3 nitrogen and oxygen atoms in total. The first-order chi connectivity index (χ1) is 8.50. The zero-order valence-electron chi connectivity index (χ0n) is 12.0. The molecule has 2 atom stereocenters. The van der Waals surface area contributed by atoms with Crippen LogP contribution in [0.15, 0.2) is 0 Å². The Morgan fingerprint density at radius 2 is 1.94 bits per heavy atom. The van der Waals surface area contributed by atoms with Crippen LogP contribution in [0.4, 0.5) is 0 Å². The second-order valence-electron chi connectivity index (χ2n) is 7.16. The van der Waals surface area contributed by atoms with Crippen LogP contribution in [0.2, 0.25) is 0 Å². The van der Waals surface area contributed by atoms with Crippen LogP contribution in [0.1, 0.15) is 65.7 Å². The maximum Gasteiger partial charge on any atom is 0.244 e. The lowest BCUT2D eigenvalue weighted by Gasteiger charge is -2.25. The maximum atomic E-state index is 12.8. The topological polar surface area (TPSA) is 32.3 Å². The van der Waals surface area contributed by atoms with E-state index in [4.69, 9.17) is 0 Å². The second-order valence-corrected chi connectivity index (χ2v) is 7.16. The molecule has 1 amide bonds. The minimum absolute atomic E-state index is 0.182. The number of hydrogen-bond donors (Lipinski definition) is 1. The lowest BCUT2D eigenvalue weighted by molar-refractivity contribution is -0.134. The Kier molecular flexibility index (Phi) is 2.74. The third-order valence-electron chi connectivity index (χ3n) is 5.24. The van der Waals surface area contributed by atoms with Crippen molar-refractivity contribution in [3.05, 3.63) is 0 Å². The van der Waals surface area contributed by atoms with E-state index in [0.29, 0.717) is 23.5 Å². The molecule has 1 N–H and O–H groups in total. The Labute approximate surface area is 110 Å². The number of carbonyl (C=O) groups excluding carboxylic acids is 1. The van der Waals surface area contributed by atoms with Crippen molar-refractivity contribution in [2.24, 2.45) is 5.41 Å². The summed E-state index contributed by atoms with van der Waals surface area (Å²) < 4.78 is 0. The fourth-order valence-corrected chi connectivity index (χ4v) is 3.93. The fraction of sp³-hybridized carbons (Fsp3) is 0.933. The highest BCUT2D eigenvalue weighted by Crippen LogP contribution is 2.52. The van der Waals surface area contributed by atoms with Gasteiger partial charge in [-0.1, -0.05) is 40.0 Å². The molecule has 1 saturated heterocycles. The standard InChI is InChI=1S/C15H26N2O/c1-4-7-12-16-15(8-5-6-9-15)13(18)17(12)11-10-14(11,2)3/h11-12,16H,4-10H2,1-3H3. The Morgan fingerprint density at radius 1 is 1.33 bits per heavy atom. The van der Waals surface area contributed by atoms with Gasteiger partial charge in [-0.25, -0.2) is 0 Å². The summed E-state index contributed by atoms with van der Waals surface area (Å²) in [5.41, 5.74) is 0.159. The number of hydrogen-bond acceptors (Lipinski definition) is 2. The Hall–Kier alpha value is -0.570. The van der Waals surface area contributed by atoms with Crippen LogP contribution in [-0.4, -0.2) is 28.6 Å². The average molecular weight is 250 g/mol. The molecule has 0 bridgehead atoms. The molecule has 1 heterocycles. The summed E-state index contributed by atoms with van der Waals surface area (Å²) in [6, 6.07) is 0.481. The first-order valence-electron chi connectivity index (χ1n) is 7.61. The fourth-order valence-electron chi connectivity index (χ4n) is 3.93. The van der Waals surface area contributed by atoms with E-state index in [-0.39, 0.29) is 5.54 Å². The smallest absolute Gasteiger partial charge is 0.244 e. The van der Waals surface area contributed by atoms with Crippen LogP contribution < -0.4 is 5.32 Å². The highest BCUT2D eigenvalue weighted by molar-refractivity contribution is 5.89. The Morgan fingerprint density at radius 3 is 2.44 bits per heavy atom. The van der Waals surface area contributed by atoms with Gasteiger partial charge in [0.2, 0.25) is 5.91 Å². The number of nitrogens with zero attached hydrogens (tertiary/aromatic N) is 1. The van der Waals surface area contributed by atoms with Gasteiger partial charge in [0.1, 0.15) is 0 Å². The zero-order chi connectivity index (χ0) is 13.0. The monoisotopic (exact) mass is 250 g/mol. The lowest BCUT2D eigenvalue weighted by Crippen LogP contribution is -2.44. The molecule has 102 valence electrons. The quantitative estimate of drug-likeness (QED) is 0.835. The highest BCUT2D eigenvalue weighted by Gasteiger charge is 2.60. The average Bonchev–Trinajstić information content (AvgIpc) is 2.69. The first kappa shape index (κ1) is 12.5. The zero-order valence-corrected chi connectivity index (χ0v) is 12.0. The summed E-state index contributed by atoms with van der Waals surface area (Å²) in [5.74, 6) is 0.411. The van der Waals surface area contributed by atoms with E-state index < -0.39 is 0 Å². The normalized spacial score (nSPS) is 36.6. The SMILES string of the molecule is CCCC1NC2(CCCC2)C(=O)N1C1CC1(C)C. The lowest BCUT2D eigenvalue weighted by atomic mass is 9.98. The van der Waals surface area contributed by atoms with Crippen molar-refractivity contribution in [3.8, 4) is 0 Å². The van der Waals surface area contributed by atoms with E-state index in [0.717, 1.165) is 25.7 Å². The van der Waals surface area contributed by atoms with Crippen molar-refractivity contribution in [1.82, 2.24) is 10.2 Å². The molecule has 3 rings (SSSR count). The molecule has 2 unspecified atom stereocenters. The van der Waals surface area contributed by atoms with E-state index in [1.165, 1.54) is 19.3 Å². The summed E-state index contributed by atoms with van der Waals surface area (Å²) in [6.07, 6.45) is 8.23. The molecular formula is C15H26N2O. The summed E-state index contributed by atoms with van der Waals surface area (Å²) in [5, 5.41) is 3.70. The van der Waals surface area contributed by atoms with E-state index in [9.17, 15) is 4.79 Å². The van der Waals surface area contributed by atoms with Gasteiger partial charge >= 0.3 is 0 Å². The molecule has 3 fully saturated rings. The van der Waals surface area contributed by atoms with E-state index >= 15 is 0 Å². The van der Waals surface area contributed by atoms with Crippen LogP contribution >= 0.6 is 0 Å². The van der Waals surface area contributed by atoms with Crippen LogP contribution in [0, 0.1) is 5.41 Å². The van der Waals surface area contributed by atoms with Crippen molar-refractivity contribution in [1.29, 1.82) is 0 Å². The molecule has 0 aromatic carbocycles. The number of carbonyl (C=O) groups is 1. The first-order valence-corrected chi connectivity index (χ1v) is 7.61. The number of rotatable bonds is 3. The van der Waals surface area contributed by atoms with Crippen molar-refractivity contribution < 1.29 is 4.79 Å². The second kappa shape index (κ2) is 3.96. The molecule has 3 heteroatoms.